The van der Waals surface area contributed by atoms with Gasteiger partial charge in [0.25, 0.3) is 0 Å². The number of para-hydroxylation sites is 1. The molecule has 0 atom stereocenters. The molecule has 0 aliphatic carbocycles. The highest BCUT2D eigenvalue weighted by atomic mass is 16.5. The first-order valence-electron chi connectivity index (χ1n) is 4.72. The van der Waals surface area contributed by atoms with E-state index in [0.29, 0.717) is 11.3 Å². The highest BCUT2D eigenvalue weighted by Crippen LogP contribution is 2.27. The van der Waals surface area contributed by atoms with E-state index in [1.807, 2.05) is 0 Å². The van der Waals surface area contributed by atoms with E-state index in [2.05, 4.69) is 4.99 Å². The number of carboxylic acids is 1. The van der Waals surface area contributed by atoms with E-state index in [9.17, 15) is 9.90 Å². The quantitative estimate of drug-likeness (QED) is 0.737. The molecule has 0 radical (unpaired) electrons. The van der Waals surface area contributed by atoms with Crippen molar-refractivity contribution in [2.45, 2.75) is 6.42 Å². The van der Waals surface area contributed by atoms with Crippen LogP contribution in [0, 0.1) is 0 Å². The second-order valence-corrected chi connectivity index (χ2v) is 3.08. The van der Waals surface area contributed by atoms with Crippen LogP contribution in [0.2, 0.25) is 0 Å². The van der Waals surface area contributed by atoms with Crippen LogP contribution in [-0.2, 0) is 4.79 Å². The molecule has 0 saturated carbocycles. The van der Waals surface area contributed by atoms with Gasteiger partial charge in [-0.2, -0.15) is 0 Å². The standard InChI is InChI=1S/C11H13NO4/c1-16-9-4-2-3-8(11(9)15)7-12-6-5-10(13)14/h2-4,7,15H,5-6H2,1H3,(H,13,14). The number of phenols is 1. The lowest BCUT2D eigenvalue weighted by Gasteiger charge is -2.04. The normalized spacial score (nSPS) is 10.6. The fourth-order valence-electron chi connectivity index (χ4n) is 1.13. The summed E-state index contributed by atoms with van der Waals surface area (Å²) in [6, 6.07) is 5.02. The van der Waals surface area contributed by atoms with E-state index < -0.39 is 5.97 Å². The van der Waals surface area contributed by atoms with Crippen molar-refractivity contribution in [1.29, 1.82) is 0 Å². The predicted octanol–water partition coefficient (Wildman–Crippen LogP) is 1.29. The number of aromatic hydroxyl groups is 1. The first-order chi connectivity index (χ1) is 7.65. The molecule has 1 rings (SSSR count). The van der Waals surface area contributed by atoms with Crippen LogP contribution in [0.25, 0.3) is 0 Å². The summed E-state index contributed by atoms with van der Waals surface area (Å²) in [4.78, 5) is 14.1. The van der Waals surface area contributed by atoms with Gasteiger partial charge in [-0.1, -0.05) is 6.07 Å². The average Bonchev–Trinajstić information content (AvgIpc) is 2.26. The third-order valence-corrected chi connectivity index (χ3v) is 1.94. The van der Waals surface area contributed by atoms with Crippen molar-refractivity contribution in [3.8, 4) is 11.5 Å². The average molecular weight is 223 g/mol. The van der Waals surface area contributed by atoms with Crippen LogP contribution in [0.4, 0.5) is 0 Å². The SMILES string of the molecule is COc1cccc(C=NCCC(=O)O)c1O. The van der Waals surface area contributed by atoms with E-state index in [0.717, 1.165) is 0 Å². The molecule has 0 unspecified atom stereocenters. The van der Waals surface area contributed by atoms with Crippen LogP contribution in [0.1, 0.15) is 12.0 Å². The van der Waals surface area contributed by atoms with Gasteiger partial charge in [-0.25, -0.2) is 0 Å². The van der Waals surface area contributed by atoms with E-state index in [1.165, 1.54) is 13.3 Å². The van der Waals surface area contributed by atoms with Gasteiger partial charge in [0.15, 0.2) is 11.5 Å². The second-order valence-electron chi connectivity index (χ2n) is 3.08. The van der Waals surface area contributed by atoms with Gasteiger partial charge in [-0.05, 0) is 12.1 Å². The van der Waals surface area contributed by atoms with Crippen molar-refractivity contribution in [3.63, 3.8) is 0 Å². The number of ether oxygens (including phenoxy) is 1. The monoisotopic (exact) mass is 223 g/mol. The Hall–Kier alpha value is -2.04. The lowest BCUT2D eigenvalue weighted by Crippen LogP contribution is -1.97. The molecule has 0 saturated heterocycles. The Morgan fingerprint density at radius 1 is 1.56 bits per heavy atom. The summed E-state index contributed by atoms with van der Waals surface area (Å²) in [6.07, 6.45) is 1.40. The van der Waals surface area contributed by atoms with Crippen LogP contribution in [0.15, 0.2) is 23.2 Å². The van der Waals surface area contributed by atoms with Crippen molar-refractivity contribution in [3.05, 3.63) is 23.8 Å². The van der Waals surface area contributed by atoms with Crippen LogP contribution < -0.4 is 4.74 Å². The molecule has 0 amide bonds. The lowest BCUT2D eigenvalue weighted by atomic mass is 10.2. The predicted molar refractivity (Wildman–Crippen MR) is 59.4 cm³/mol. The van der Waals surface area contributed by atoms with Crippen LogP contribution in [0.5, 0.6) is 11.5 Å². The minimum absolute atomic E-state index is 0.00377. The van der Waals surface area contributed by atoms with E-state index in [4.69, 9.17) is 9.84 Å². The number of hydrogen-bond donors (Lipinski definition) is 2. The highest BCUT2D eigenvalue weighted by Gasteiger charge is 2.04. The van der Waals surface area contributed by atoms with Crippen molar-refractivity contribution in [2.75, 3.05) is 13.7 Å². The number of methoxy groups -OCH3 is 1. The lowest BCUT2D eigenvalue weighted by molar-refractivity contribution is -0.136. The molecule has 0 bridgehead atoms. The molecular formula is C11H13NO4. The molecule has 0 heterocycles. The Kier molecular flexibility index (Phi) is 4.32. The van der Waals surface area contributed by atoms with Crippen LogP contribution in [0.3, 0.4) is 0 Å². The minimum atomic E-state index is -0.896. The summed E-state index contributed by atoms with van der Waals surface area (Å²) < 4.78 is 4.92. The zero-order chi connectivity index (χ0) is 12.0. The maximum Gasteiger partial charge on any atom is 0.305 e. The summed E-state index contributed by atoms with van der Waals surface area (Å²) >= 11 is 0. The first kappa shape index (κ1) is 12.0. The Bertz CT molecular complexity index is 401. The van der Waals surface area contributed by atoms with Crippen molar-refractivity contribution < 1.29 is 19.7 Å². The van der Waals surface area contributed by atoms with Crippen molar-refractivity contribution in [1.82, 2.24) is 0 Å². The number of carboxylic acid groups (broad SMARTS) is 1. The molecule has 16 heavy (non-hydrogen) atoms. The Morgan fingerprint density at radius 2 is 2.31 bits per heavy atom. The summed E-state index contributed by atoms with van der Waals surface area (Å²) in [5.41, 5.74) is 0.504. The molecule has 2 N–H and O–H groups in total. The van der Waals surface area contributed by atoms with E-state index >= 15 is 0 Å². The molecule has 0 aliphatic rings. The van der Waals surface area contributed by atoms with Crippen LogP contribution in [-0.4, -0.2) is 36.1 Å². The molecule has 5 heteroatoms. The Balaban J connectivity index is 2.70. The van der Waals surface area contributed by atoms with Gasteiger partial charge < -0.3 is 14.9 Å². The Labute approximate surface area is 93.0 Å². The van der Waals surface area contributed by atoms with Crippen molar-refractivity contribution >= 4 is 12.2 Å². The number of hydrogen-bond acceptors (Lipinski definition) is 4. The maximum absolute atomic E-state index is 10.2. The number of aliphatic carboxylic acids is 1. The van der Waals surface area contributed by atoms with E-state index in [-0.39, 0.29) is 18.7 Å². The molecule has 0 spiro atoms. The fourth-order valence-corrected chi connectivity index (χ4v) is 1.13. The smallest absolute Gasteiger partial charge is 0.305 e. The van der Waals surface area contributed by atoms with Crippen LogP contribution >= 0.6 is 0 Å². The number of nitrogens with zero attached hydrogens (tertiary/aromatic N) is 1. The number of rotatable bonds is 5. The number of aliphatic imine (C=N–C) groups is 1. The molecular weight excluding hydrogens is 210 g/mol. The molecule has 1 aromatic carbocycles. The van der Waals surface area contributed by atoms with E-state index in [1.54, 1.807) is 18.2 Å². The first-order valence-corrected chi connectivity index (χ1v) is 4.72. The fraction of sp³-hybridized carbons (Fsp3) is 0.273. The van der Waals surface area contributed by atoms with Gasteiger partial charge in [-0.3, -0.25) is 9.79 Å². The highest BCUT2D eigenvalue weighted by molar-refractivity contribution is 5.84. The molecule has 0 aromatic heterocycles. The third-order valence-electron chi connectivity index (χ3n) is 1.94. The molecule has 0 aliphatic heterocycles. The summed E-state index contributed by atoms with van der Waals surface area (Å²) in [7, 11) is 1.46. The number of phenolic OH excluding ortho intramolecular Hbond substituents is 1. The summed E-state index contributed by atoms with van der Waals surface area (Å²) in [5.74, 6) is -0.529. The largest absolute Gasteiger partial charge is 0.504 e. The summed E-state index contributed by atoms with van der Waals surface area (Å²) in [6.45, 7) is 0.186. The maximum atomic E-state index is 10.2. The molecule has 5 nitrogen and oxygen atoms in total. The second kappa shape index (κ2) is 5.75. The van der Waals surface area contributed by atoms with Gasteiger partial charge in [0.05, 0.1) is 13.5 Å². The molecule has 86 valence electrons. The zero-order valence-corrected chi connectivity index (χ0v) is 8.88. The molecule has 1 aromatic rings. The summed E-state index contributed by atoms with van der Waals surface area (Å²) in [5, 5.41) is 18.1. The topological polar surface area (TPSA) is 79.1 Å². The van der Waals surface area contributed by atoms with Gasteiger partial charge in [-0.15, -0.1) is 0 Å². The van der Waals surface area contributed by atoms with Gasteiger partial charge >= 0.3 is 5.97 Å². The minimum Gasteiger partial charge on any atom is -0.504 e. The zero-order valence-electron chi connectivity index (χ0n) is 8.88. The van der Waals surface area contributed by atoms with Crippen molar-refractivity contribution in [2.24, 2.45) is 4.99 Å². The number of carbonyl (C=O) groups is 1. The van der Waals surface area contributed by atoms with Gasteiger partial charge in [0.2, 0.25) is 0 Å². The van der Waals surface area contributed by atoms with Gasteiger partial charge in [0, 0.05) is 18.3 Å². The molecule has 0 fully saturated rings. The number of benzene rings is 1. The Morgan fingerprint density at radius 3 is 2.94 bits per heavy atom. The van der Waals surface area contributed by atoms with Gasteiger partial charge in [0.1, 0.15) is 0 Å². The third kappa shape index (κ3) is 3.27.